The summed E-state index contributed by atoms with van der Waals surface area (Å²) in [5.74, 6) is -5.52. The number of fused-ring (bicyclic) bond motifs is 1. The maximum absolute atomic E-state index is 14.6. The van der Waals surface area contributed by atoms with Gasteiger partial charge in [-0.25, -0.2) is 18.7 Å². The Labute approximate surface area is 182 Å². The second kappa shape index (κ2) is 7.84. The van der Waals surface area contributed by atoms with Crippen LogP contribution in [0.3, 0.4) is 0 Å². The average Bonchev–Trinajstić information content (AvgIpc) is 3.19. The van der Waals surface area contributed by atoms with E-state index >= 15 is 0 Å². The summed E-state index contributed by atoms with van der Waals surface area (Å²) in [7, 11) is 0. The van der Waals surface area contributed by atoms with Crippen molar-refractivity contribution >= 4 is 44.9 Å². The van der Waals surface area contributed by atoms with Gasteiger partial charge in [0.1, 0.15) is 5.82 Å². The summed E-state index contributed by atoms with van der Waals surface area (Å²) in [6, 6.07) is 5.86. The smallest absolute Gasteiger partial charge is 0.313 e. The lowest BCUT2D eigenvalue weighted by molar-refractivity contribution is -0.159. The second-order valence-electron chi connectivity index (χ2n) is 7.80. The number of nitrogen functional groups attached to an aromatic ring is 1. The van der Waals surface area contributed by atoms with Crippen LogP contribution in [0.15, 0.2) is 36.0 Å². The molecule has 10 heteroatoms. The number of likely N-dealkylation sites (tertiary alicyclic amines) is 1. The molecule has 7 nitrogen and oxygen atoms in total. The molecule has 0 bridgehead atoms. The number of aryl methyl sites for hydroxylation is 1. The summed E-state index contributed by atoms with van der Waals surface area (Å²) < 4.78 is 30.1. The van der Waals surface area contributed by atoms with Crippen molar-refractivity contribution < 1.29 is 19.8 Å². The second-order valence-corrected chi connectivity index (χ2v) is 8.69. The molecule has 1 aromatic carbocycles. The summed E-state index contributed by atoms with van der Waals surface area (Å²) in [5, 5.41) is 2.49. The highest BCUT2D eigenvalue weighted by Crippen LogP contribution is 2.43. The van der Waals surface area contributed by atoms with Crippen molar-refractivity contribution in [2.24, 2.45) is 5.92 Å². The van der Waals surface area contributed by atoms with E-state index in [4.69, 9.17) is 5.73 Å². The molecule has 1 aliphatic heterocycles. The molecular formula is C21H23F2N5O2S. The van der Waals surface area contributed by atoms with Crippen molar-refractivity contribution in [2.75, 3.05) is 17.6 Å². The van der Waals surface area contributed by atoms with E-state index in [1.54, 1.807) is 36.7 Å². The van der Waals surface area contributed by atoms with Crippen LogP contribution < -0.4 is 11.1 Å². The van der Waals surface area contributed by atoms with Gasteiger partial charge in [-0.3, -0.25) is 9.59 Å². The van der Waals surface area contributed by atoms with Gasteiger partial charge in [-0.1, -0.05) is 13.0 Å². The Hall–Kier alpha value is -3.14. The van der Waals surface area contributed by atoms with E-state index < -0.39 is 36.1 Å². The lowest BCUT2D eigenvalue weighted by Crippen LogP contribution is -2.52. The van der Waals surface area contributed by atoms with E-state index in [1.807, 2.05) is 0 Å². The number of alkyl halides is 2. The number of hydrogen-bond donors (Lipinski definition) is 2. The largest absolute Gasteiger partial charge is 0.383 e. The third-order valence-corrected chi connectivity index (χ3v) is 6.41. The molecule has 3 aromatic rings. The molecule has 0 aliphatic carbocycles. The Morgan fingerprint density at radius 3 is 2.84 bits per heavy atom. The molecule has 1 saturated heterocycles. The predicted molar refractivity (Wildman–Crippen MR) is 117 cm³/mol. The molecule has 0 spiro atoms. The predicted octanol–water partition coefficient (Wildman–Crippen LogP) is 4.01. The molecule has 1 aliphatic rings. The molecule has 3 N–H and O–H groups in total. The first-order chi connectivity index (χ1) is 14.7. The molecule has 0 unspecified atom stereocenters. The van der Waals surface area contributed by atoms with Gasteiger partial charge in [-0.05, 0) is 36.2 Å². The van der Waals surface area contributed by atoms with Crippen molar-refractivity contribution in [2.45, 2.75) is 32.2 Å². The highest BCUT2D eigenvalue weighted by atomic mass is 32.1. The number of halogens is 2. The van der Waals surface area contributed by atoms with Crippen LogP contribution in [-0.4, -0.2) is 39.1 Å². The van der Waals surface area contributed by atoms with E-state index in [-0.39, 0.29) is 7.97 Å². The Bertz CT molecular complexity index is 1170. The van der Waals surface area contributed by atoms with Gasteiger partial charge in [0.2, 0.25) is 0 Å². The van der Waals surface area contributed by atoms with Gasteiger partial charge in [0.05, 0.1) is 33.7 Å². The fraction of sp³-hybridized carbons (Fsp3) is 0.333. The molecule has 0 radical (unpaired) electrons. The number of rotatable bonds is 2. The lowest BCUT2D eigenvalue weighted by atomic mass is 9.86. The molecular weight excluding hydrogens is 424 g/mol. The van der Waals surface area contributed by atoms with E-state index in [2.05, 4.69) is 15.3 Å². The number of amides is 2. The van der Waals surface area contributed by atoms with Gasteiger partial charge in [0.15, 0.2) is 0 Å². The minimum atomic E-state index is -2.97. The molecule has 2 amide bonds. The van der Waals surface area contributed by atoms with E-state index in [0.29, 0.717) is 28.1 Å². The first-order valence-corrected chi connectivity index (χ1v) is 10.6. The topological polar surface area (TPSA) is 101 Å². The quantitative estimate of drug-likeness (QED) is 0.578. The molecule has 164 valence electrons. The number of pyridine rings is 1. The van der Waals surface area contributed by atoms with Crippen LogP contribution in [0.1, 0.15) is 31.9 Å². The third-order valence-electron chi connectivity index (χ3n) is 5.60. The Kier molecular flexibility index (Phi) is 5.34. The highest BCUT2D eigenvalue weighted by Gasteiger charge is 2.48. The van der Waals surface area contributed by atoms with Gasteiger partial charge in [0, 0.05) is 20.3 Å². The SMILES string of the molecule is Cc1cc(NC(=O)C(=O)N2C[C@@H](C)C(F)(F)C[C@@H]2c2ccc3scnc3c2)cnc1N.[HH]. The maximum atomic E-state index is 14.6. The van der Waals surface area contributed by atoms with Gasteiger partial charge >= 0.3 is 11.8 Å². The molecule has 2 aromatic heterocycles. The number of nitrogens with one attached hydrogen (secondary N) is 1. The molecule has 31 heavy (non-hydrogen) atoms. The first-order valence-electron chi connectivity index (χ1n) is 9.71. The van der Waals surface area contributed by atoms with Crippen LogP contribution in [0.5, 0.6) is 0 Å². The van der Waals surface area contributed by atoms with Crippen molar-refractivity contribution in [1.29, 1.82) is 0 Å². The van der Waals surface area contributed by atoms with E-state index in [0.717, 1.165) is 4.70 Å². The number of carbonyl (C=O) groups excluding carboxylic acids is 2. The van der Waals surface area contributed by atoms with E-state index in [1.165, 1.54) is 29.4 Å². The number of anilines is 2. The summed E-state index contributed by atoms with van der Waals surface area (Å²) in [5.41, 5.74) is 9.49. The Morgan fingerprint density at radius 2 is 2.10 bits per heavy atom. The Balaban J connectivity index is 0.00000289. The summed E-state index contributed by atoms with van der Waals surface area (Å²) >= 11 is 1.44. The lowest BCUT2D eigenvalue weighted by Gasteiger charge is -2.42. The van der Waals surface area contributed by atoms with Crippen LogP contribution in [0, 0.1) is 12.8 Å². The fourth-order valence-electron chi connectivity index (χ4n) is 3.70. The highest BCUT2D eigenvalue weighted by molar-refractivity contribution is 7.16. The van der Waals surface area contributed by atoms with Crippen LogP contribution in [-0.2, 0) is 9.59 Å². The number of nitrogens with zero attached hydrogens (tertiary/aromatic N) is 3. The van der Waals surface area contributed by atoms with Crippen LogP contribution in [0.2, 0.25) is 0 Å². The zero-order valence-electron chi connectivity index (χ0n) is 16.9. The zero-order valence-corrected chi connectivity index (χ0v) is 17.7. The van der Waals surface area contributed by atoms with Crippen molar-refractivity contribution in [1.82, 2.24) is 14.9 Å². The number of thiazole rings is 1. The zero-order chi connectivity index (χ0) is 22.3. The van der Waals surface area contributed by atoms with E-state index in [9.17, 15) is 18.4 Å². The fourth-order valence-corrected chi connectivity index (χ4v) is 4.36. The summed E-state index contributed by atoms with van der Waals surface area (Å²) in [6.45, 7) is 2.86. The number of benzene rings is 1. The number of aromatic nitrogens is 2. The monoisotopic (exact) mass is 447 g/mol. The number of carbonyl (C=O) groups is 2. The molecule has 2 atom stereocenters. The first kappa shape index (κ1) is 21.1. The van der Waals surface area contributed by atoms with Gasteiger partial charge in [-0.2, -0.15) is 0 Å². The minimum absolute atomic E-state index is 0. The molecule has 1 fully saturated rings. The summed E-state index contributed by atoms with van der Waals surface area (Å²) in [6.07, 6.45) is 0.777. The van der Waals surface area contributed by atoms with Crippen LogP contribution in [0.25, 0.3) is 10.2 Å². The van der Waals surface area contributed by atoms with Gasteiger partial charge < -0.3 is 16.0 Å². The third kappa shape index (κ3) is 4.07. The normalized spacial score (nSPS) is 20.6. The van der Waals surface area contributed by atoms with Gasteiger partial charge in [0.25, 0.3) is 5.92 Å². The minimum Gasteiger partial charge on any atom is -0.383 e. The van der Waals surface area contributed by atoms with Crippen molar-refractivity contribution in [3.05, 3.63) is 47.1 Å². The standard InChI is InChI=1S/C21H21F2N5O2S.H2/c1-11-5-14(8-25-18(11)24)27-19(29)20(30)28-9-12(2)21(22,23)7-16(28)13-3-4-17-15(6-13)26-10-31-17;/h3-6,8,10,12,16H,7,9H2,1-2H3,(H2,24,25)(H,27,29);1H/t12-,16-;/m1./s1. The van der Waals surface area contributed by atoms with Gasteiger partial charge in [-0.15, -0.1) is 11.3 Å². The summed E-state index contributed by atoms with van der Waals surface area (Å²) in [4.78, 5) is 35.1. The van der Waals surface area contributed by atoms with Crippen molar-refractivity contribution in [3.8, 4) is 0 Å². The van der Waals surface area contributed by atoms with Crippen molar-refractivity contribution in [3.63, 3.8) is 0 Å². The number of hydrogen-bond acceptors (Lipinski definition) is 6. The number of piperidine rings is 1. The maximum Gasteiger partial charge on any atom is 0.313 e. The van der Waals surface area contributed by atoms with Crippen LogP contribution in [0.4, 0.5) is 20.3 Å². The molecule has 3 heterocycles. The Morgan fingerprint density at radius 1 is 1.32 bits per heavy atom. The van der Waals surface area contributed by atoms with Crippen LogP contribution >= 0.6 is 11.3 Å². The average molecular weight is 448 g/mol. The molecule has 0 saturated carbocycles. The number of nitrogens with two attached hydrogens (primary N) is 1. The molecule has 4 rings (SSSR count).